The lowest BCUT2D eigenvalue weighted by atomic mass is 10.1. The predicted molar refractivity (Wildman–Crippen MR) is 118 cm³/mol. The van der Waals surface area contributed by atoms with Crippen molar-refractivity contribution in [2.24, 2.45) is 23.0 Å². The van der Waals surface area contributed by atoms with Crippen LogP contribution in [0.5, 0.6) is 11.6 Å². The number of benzene rings is 1. The van der Waals surface area contributed by atoms with E-state index in [1.807, 2.05) is 24.3 Å². The quantitative estimate of drug-likeness (QED) is 0.656. The number of hydrogen-bond acceptors (Lipinski definition) is 8. The fourth-order valence-corrected chi connectivity index (χ4v) is 4.86. The van der Waals surface area contributed by atoms with Gasteiger partial charge >= 0.3 is 0 Å². The largest absolute Gasteiger partial charge is 0.497 e. The normalized spacial score (nSPS) is 14.9. The molecule has 3 heterocycles. The molecule has 0 bridgehead atoms. The fraction of sp³-hybridized carbons (Fsp3) is 0.300. The average molecular weight is 428 g/mol. The van der Waals surface area contributed by atoms with E-state index in [-0.39, 0.29) is 5.88 Å². The van der Waals surface area contributed by atoms with Gasteiger partial charge in [0.1, 0.15) is 10.8 Å². The molecule has 1 aliphatic heterocycles. The molecule has 0 atom stereocenters. The van der Waals surface area contributed by atoms with Gasteiger partial charge in [0.05, 0.1) is 17.7 Å². The first-order chi connectivity index (χ1) is 13.9. The molecular weight excluding hydrogens is 406 g/mol. The van der Waals surface area contributed by atoms with Crippen LogP contribution < -0.4 is 9.54 Å². The van der Waals surface area contributed by atoms with Crippen molar-refractivity contribution in [3.8, 4) is 11.6 Å². The zero-order chi connectivity index (χ0) is 20.5. The van der Waals surface area contributed by atoms with Crippen LogP contribution in [0.25, 0.3) is 11.6 Å². The number of fused-ring (bicyclic) bond motifs is 1. The Bertz CT molecular complexity index is 1180. The number of nitrogens with zero attached hydrogens (tertiary/aromatic N) is 5. The Hall–Kier alpha value is -2.78. The molecule has 0 unspecified atom stereocenters. The van der Waals surface area contributed by atoms with Crippen molar-refractivity contribution in [2.45, 2.75) is 20.3 Å². The van der Waals surface area contributed by atoms with Crippen molar-refractivity contribution in [3.05, 3.63) is 38.4 Å². The molecule has 0 fully saturated rings. The fourth-order valence-electron chi connectivity index (χ4n) is 2.91. The highest BCUT2D eigenvalue weighted by molar-refractivity contribution is 7.15. The molecule has 0 saturated heterocycles. The SMILES string of the molecule is COc1ccc2c(c1)/C(=C\c1s/c(=N/c3nnc(CC(C)C)s3)n(C)c1O)C=N2. The molecule has 4 rings (SSSR count). The highest BCUT2D eigenvalue weighted by atomic mass is 32.1. The summed E-state index contributed by atoms with van der Waals surface area (Å²) >= 11 is 2.87. The van der Waals surface area contributed by atoms with Gasteiger partial charge in [0, 0.05) is 30.8 Å². The minimum absolute atomic E-state index is 0.151. The molecule has 1 N–H and O–H groups in total. The van der Waals surface area contributed by atoms with E-state index in [1.54, 1.807) is 24.9 Å². The maximum Gasteiger partial charge on any atom is 0.234 e. The molecule has 1 aliphatic rings. The summed E-state index contributed by atoms with van der Waals surface area (Å²) in [5.74, 6) is 1.44. The Balaban J connectivity index is 1.69. The third-order valence-corrected chi connectivity index (χ3v) is 6.31. The van der Waals surface area contributed by atoms with Crippen LogP contribution in [0.1, 0.15) is 29.3 Å². The zero-order valence-electron chi connectivity index (χ0n) is 16.6. The van der Waals surface area contributed by atoms with Gasteiger partial charge in [-0.15, -0.1) is 10.2 Å². The predicted octanol–water partition coefficient (Wildman–Crippen LogP) is 4.34. The summed E-state index contributed by atoms with van der Waals surface area (Å²) in [4.78, 5) is 10.4. The summed E-state index contributed by atoms with van der Waals surface area (Å²) in [6.45, 7) is 4.30. The van der Waals surface area contributed by atoms with E-state index in [9.17, 15) is 5.11 Å². The lowest BCUT2D eigenvalue weighted by molar-refractivity contribution is 0.415. The lowest BCUT2D eigenvalue weighted by Gasteiger charge is -2.03. The van der Waals surface area contributed by atoms with Crippen molar-refractivity contribution in [2.75, 3.05) is 7.11 Å². The van der Waals surface area contributed by atoms with Crippen molar-refractivity contribution in [1.29, 1.82) is 0 Å². The van der Waals surface area contributed by atoms with Crippen molar-refractivity contribution in [1.82, 2.24) is 14.8 Å². The van der Waals surface area contributed by atoms with Gasteiger partial charge in [-0.1, -0.05) is 36.5 Å². The van der Waals surface area contributed by atoms with E-state index in [1.165, 1.54) is 22.7 Å². The monoisotopic (exact) mass is 427 g/mol. The summed E-state index contributed by atoms with van der Waals surface area (Å²) < 4.78 is 6.97. The van der Waals surface area contributed by atoms with E-state index < -0.39 is 0 Å². The number of hydrogen-bond donors (Lipinski definition) is 1. The van der Waals surface area contributed by atoms with Crippen molar-refractivity contribution in [3.63, 3.8) is 0 Å². The average Bonchev–Trinajstić information content (AvgIpc) is 3.37. The van der Waals surface area contributed by atoms with Gasteiger partial charge in [-0.05, 0) is 30.2 Å². The Morgan fingerprint density at radius 3 is 2.86 bits per heavy atom. The minimum atomic E-state index is 0.151. The third kappa shape index (κ3) is 4.01. The smallest absolute Gasteiger partial charge is 0.234 e. The van der Waals surface area contributed by atoms with Crippen LogP contribution in [-0.2, 0) is 13.5 Å². The summed E-state index contributed by atoms with van der Waals surface area (Å²) in [5.41, 5.74) is 2.77. The van der Waals surface area contributed by atoms with Gasteiger partial charge in [-0.3, -0.25) is 9.56 Å². The summed E-state index contributed by atoms with van der Waals surface area (Å²) in [6.07, 6.45) is 4.59. The van der Waals surface area contributed by atoms with Crippen LogP contribution in [0, 0.1) is 5.92 Å². The number of aromatic hydroxyl groups is 1. The molecule has 29 heavy (non-hydrogen) atoms. The van der Waals surface area contributed by atoms with Gasteiger partial charge < -0.3 is 9.84 Å². The van der Waals surface area contributed by atoms with E-state index in [0.717, 1.165) is 34.0 Å². The third-order valence-electron chi connectivity index (χ3n) is 4.40. The first kappa shape index (κ1) is 19.5. The number of aliphatic imine (C=N–C) groups is 1. The van der Waals surface area contributed by atoms with Gasteiger partial charge in [0.2, 0.25) is 11.0 Å². The molecule has 0 saturated carbocycles. The van der Waals surface area contributed by atoms with Gasteiger partial charge in [0.15, 0.2) is 4.80 Å². The summed E-state index contributed by atoms with van der Waals surface area (Å²) in [7, 11) is 3.42. The van der Waals surface area contributed by atoms with Crippen LogP contribution >= 0.6 is 22.7 Å². The van der Waals surface area contributed by atoms with Crippen LogP contribution in [0.15, 0.2) is 28.2 Å². The highest BCUT2D eigenvalue weighted by Gasteiger charge is 2.16. The molecule has 0 amide bonds. The highest BCUT2D eigenvalue weighted by Crippen LogP contribution is 2.36. The second-order valence-electron chi connectivity index (χ2n) is 7.06. The van der Waals surface area contributed by atoms with E-state index in [4.69, 9.17) is 4.74 Å². The molecule has 3 aromatic rings. The number of aromatic nitrogens is 3. The minimum Gasteiger partial charge on any atom is -0.497 e. The Morgan fingerprint density at radius 2 is 2.10 bits per heavy atom. The first-order valence-corrected chi connectivity index (χ1v) is 10.8. The number of rotatable bonds is 5. The van der Waals surface area contributed by atoms with E-state index >= 15 is 0 Å². The first-order valence-electron chi connectivity index (χ1n) is 9.14. The Labute approximate surface area is 176 Å². The van der Waals surface area contributed by atoms with Crippen LogP contribution in [-0.4, -0.2) is 33.2 Å². The molecule has 150 valence electrons. The van der Waals surface area contributed by atoms with Gasteiger partial charge in [0.25, 0.3) is 0 Å². The Kier molecular flexibility index (Phi) is 5.33. The number of thiazole rings is 1. The molecule has 9 heteroatoms. The van der Waals surface area contributed by atoms with Crippen LogP contribution in [0.2, 0.25) is 0 Å². The van der Waals surface area contributed by atoms with E-state index in [0.29, 0.717) is 20.7 Å². The standard InChI is InChI=1S/C20H21N5O2S2/c1-11(2)7-17-23-24-19(29-17)22-20-25(3)18(26)16(28-20)8-12-10-21-15-6-5-13(27-4)9-14(12)15/h5-6,8-11,26H,7H2,1-4H3/b12-8-,22-20+. The van der Waals surface area contributed by atoms with Crippen molar-refractivity contribution >= 4 is 51.4 Å². The maximum atomic E-state index is 10.6. The molecule has 0 spiro atoms. The molecule has 1 aromatic carbocycles. The van der Waals surface area contributed by atoms with E-state index in [2.05, 4.69) is 34.0 Å². The second kappa shape index (κ2) is 7.92. The van der Waals surface area contributed by atoms with Crippen molar-refractivity contribution < 1.29 is 9.84 Å². The number of allylic oxidation sites excluding steroid dienone is 1. The summed E-state index contributed by atoms with van der Waals surface area (Å²) in [5, 5.41) is 20.5. The molecule has 7 nitrogen and oxygen atoms in total. The molecule has 2 aromatic heterocycles. The zero-order valence-corrected chi connectivity index (χ0v) is 18.2. The maximum absolute atomic E-state index is 10.6. The second-order valence-corrected chi connectivity index (χ2v) is 9.11. The van der Waals surface area contributed by atoms with Crippen LogP contribution in [0.4, 0.5) is 10.8 Å². The van der Waals surface area contributed by atoms with Crippen LogP contribution in [0.3, 0.4) is 0 Å². The lowest BCUT2D eigenvalue weighted by Crippen LogP contribution is -2.08. The molecule has 0 aliphatic carbocycles. The van der Waals surface area contributed by atoms with Gasteiger partial charge in [-0.25, -0.2) is 0 Å². The van der Waals surface area contributed by atoms with Gasteiger partial charge in [-0.2, -0.15) is 4.99 Å². The molecular formula is C20H21N5O2S2. The number of ether oxygens (including phenoxy) is 1. The Morgan fingerprint density at radius 1 is 1.28 bits per heavy atom. The molecule has 0 radical (unpaired) electrons. The topological polar surface area (TPSA) is 84.9 Å². The number of methoxy groups -OCH3 is 1. The summed E-state index contributed by atoms with van der Waals surface area (Å²) in [6, 6.07) is 5.75.